The molecule has 0 radical (unpaired) electrons. The van der Waals surface area contributed by atoms with Crippen LogP contribution in [-0.2, 0) is 4.79 Å². The Balaban J connectivity index is 1.83. The van der Waals surface area contributed by atoms with Gasteiger partial charge < -0.3 is 10.6 Å². The van der Waals surface area contributed by atoms with E-state index in [1.807, 2.05) is 11.8 Å². The van der Waals surface area contributed by atoms with Crippen LogP contribution in [0.25, 0.3) is 0 Å². The normalized spacial score (nSPS) is 19.2. The van der Waals surface area contributed by atoms with Crippen LogP contribution in [0.3, 0.4) is 0 Å². The fraction of sp³-hybridized carbons (Fsp3) is 0.462. The van der Waals surface area contributed by atoms with E-state index in [0.29, 0.717) is 21.8 Å². The monoisotopic (exact) mass is 318 g/mol. The van der Waals surface area contributed by atoms with E-state index in [9.17, 15) is 4.79 Å². The van der Waals surface area contributed by atoms with Crippen molar-refractivity contribution in [1.82, 2.24) is 5.32 Å². The van der Waals surface area contributed by atoms with Crippen molar-refractivity contribution in [1.29, 1.82) is 0 Å². The van der Waals surface area contributed by atoms with Gasteiger partial charge in [0.25, 0.3) is 0 Å². The maximum atomic E-state index is 11.9. The van der Waals surface area contributed by atoms with Gasteiger partial charge in [-0.05, 0) is 30.7 Å². The van der Waals surface area contributed by atoms with Crippen LogP contribution >= 0.6 is 35.0 Å². The van der Waals surface area contributed by atoms with Gasteiger partial charge in [0.2, 0.25) is 5.91 Å². The Hall–Kier alpha value is -0.420. The lowest BCUT2D eigenvalue weighted by Crippen LogP contribution is -2.39. The van der Waals surface area contributed by atoms with E-state index in [-0.39, 0.29) is 12.5 Å². The molecular weight excluding hydrogens is 303 g/mol. The molecule has 1 aliphatic rings. The molecule has 1 aromatic rings. The molecule has 1 unspecified atom stereocenters. The van der Waals surface area contributed by atoms with Gasteiger partial charge in [-0.2, -0.15) is 11.8 Å². The van der Waals surface area contributed by atoms with Gasteiger partial charge in [-0.25, -0.2) is 0 Å². The lowest BCUT2D eigenvalue weighted by atomic mass is 10.2. The van der Waals surface area contributed by atoms with Crippen molar-refractivity contribution in [3.05, 3.63) is 28.2 Å². The van der Waals surface area contributed by atoms with Gasteiger partial charge in [-0.1, -0.05) is 29.3 Å². The molecule has 104 valence electrons. The second-order valence-corrected chi connectivity index (χ2v) is 6.40. The minimum absolute atomic E-state index is 0.120. The average Bonchev–Trinajstić information content (AvgIpc) is 2.42. The third kappa shape index (κ3) is 4.56. The highest BCUT2D eigenvalue weighted by Crippen LogP contribution is 2.29. The summed E-state index contributed by atoms with van der Waals surface area (Å²) < 4.78 is 0. The van der Waals surface area contributed by atoms with Gasteiger partial charge in [-0.3, -0.25) is 4.79 Å². The molecule has 1 aliphatic heterocycles. The van der Waals surface area contributed by atoms with Crippen LogP contribution in [0.15, 0.2) is 18.2 Å². The highest BCUT2D eigenvalue weighted by atomic mass is 35.5. The Kier molecular flexibility index (Phi) is 5.82. The number of carbonyl (C=O) groups is 1. The van der Waals surface area contributed by atoms with Crippen molar-refractivity contribution in [2.45, 2.75) is 18.9 Å². The number of anilines is 1. The van der Waals surface area contributed by atoms with E-state index >= 15 is 0 Å². The lowest BCUT2D eigenvalue weighted by molar-refractivity contribution is -0.115. The molecule has 2 N–H and O–H groups in total. The molecule has 0 saturated carbocycles. The number of benzene rings is 1. The first kappa shape index (κ1) is 15.0. The number of nitrogens with one attached hydrogen (secondary N) is 2. The summed E-state index contributed by atoms with van der Waals surface area (Å²) in [6.45, 7) is 0.285. The second-order valence-electron chi connectivity index (χ2n) is 4.44. The molecular formula is C13H16Cl2N2OS. The summed E-state index contributed by atoms with van der Waals surface area (Å²) in [5.74, 6) is 2.17. The number of para-hydroxylation sites is 1. The molecule has 19 heavy (non-hydrogen) atoms. The Morgan fingerprint density at radius 3 is 2.74 bits per heavy atom. The zero-order chi connectivity index (χ0) is 13.7. The molecule has 0 aromatic heterocycles. The number of halogens is 2. The van der Waals surface area contributed by atoms with E-state index in [1.165, 1.54) is 12.2 Å². The maximum Gasteiger partial charge on any atom is 0.238 e. The van der Waals surface area contributed by atoms with Crippen LogP contribution in [-0.4, -0.2) is 30.0 Å². The minimum atomic E-state index is -0.120. The number of amides is 1. The first-order chi connectivity index (χ1) is 9.16. The van der Waals surface area contributed by atoms with Crippen LogP contribution in [0.5, 0.6) is 0 Å². The van der Waals surface area contributed by atoms with Gasteiger partial charge in [0.15, 0.2) is 0 Å². The summed E-state index contributed by atoms with van der Waals surface area (Å²) in [7, 11) is 0. The predicted molar refractivity (Wildman–Crippen MR) is 83.4 cm³/mol. The van der Waals surface area contributed by atoms with Crippen molar-refractivity contribution in [3.8, 4) is 0 Å². The molecule has 1 aromatic carbocycles. The van der Waals surface area contributed by atoms with Crippen LogP contribution in [0, 0.1) is 0 Å². The Labute approximate surface area is 127 Å². The summed E-state index contributed by atoms with van der Waals surface area (Å²) in [4.78, 5) is 11.9. The average molecular weight is 319 g/mol. The topological polar surface area (TPSA) is 41.1 Å². The standard InChI is InChI=1S/C13H16Cl2N2OS/c14-10-4-1-5-11(15)13(10)17-12(18)7-16-9-3-2-6-19-8-9/h1,4-5,9,16H,2-3,6-8H2,(H,17,18). The quantitative estimate of drug-likeness (QED) is 0.893. The van der Waals surface area contributed by atoms with Crippen molar-refractivity contribution in [3.63, 3.8) is 0 Å². The summed E-state index contributed by atoms with van der Waals surface area (Å²) in [5.41, 5.74) is 0.482. The Bertz CT molecular complexity index is 430. The van der Waals surface area contributed by atoms with Gasteiger partial charge in [-0.15, -0.1) is 0 Å². The highest BCUT2D eigenvalue weighted by Gasteiger charge is 2.15. The number of thioether (sulfide) groups is 1. The lowest BCUT2D eigenvalue weighted by Gasteiger charge is -2.22. The number of carbonyl (C=O) groups excluding carboxylic acids is 1. The fourth-order valence-corrected chi connectivity index (χ4v) is 3.54. The van der Waals surface area contributed by atoms with Crippen LogP contribution in [0.1, 0.15) is 12.8 Å². The molecule has 0 bridgehead atoms. The highest BCUT2D eigenvalue weighted by molar-refractivity contribution is 7.99. The van der Waals surface area contributed by atoms with Crippen molar-refractivity contribution in [2.75, 3.05) is 23.4 Å². The second kappa shape index (κ2) is 7.39. The summed E-state index contributed by atoms with van der Waals surface area (Å²) >= 11 is 13.9. The molecule has 3 nitrogen and oxygen atoms in total. The van der Waals surface area contributed by atoms with Gasteiger partial charge >= 0.3 is 0 Å². The Morgan fingerprint density at radius 1 is 1.37 bits per heavy atom. The van der Waals surface area contributed by atoms with E-state index in [1.54, 1.807) is 18.2 Å². The molecule has 6 heteroatoms. The molecule has 1 fully saturated rings. The van der Waals surface area contributed by atoms with E-state index in [2.05, 4.69) is 10.6 Å². The van der Waals surface area contributed by atoms with Crippen molar-refractivity contribution >= 4 is 46.6 Å². The van der Waals surface area contributed by atoms with Crippen LogP contribution < -0.4 is 10.6 Å². The van der Waals surface area contributed by atoms with Gasteiger partial charge in [0.1, 0.15) is 0 Å². The summed E-state index contributed by atoms with van der Waals surface area (Å²) in [6, 6.07) is 5.58. The predicted octanol–water partition coefficient (Wildman–Crippen LogP) is 3.42. The number of hydrogen-bond acceptors (Lipinski definition) is 3. The molecule has 1 heterocycles. The van der Waals surface area contributed by atoms with Crippen LogP contribution in [0.2, 0.25) is 10.0 Å². The molecule has 1 saturated heterocycles. The summed E-state index contributed by atoms with van der Waals surface area (Å²) in [5, 5.41) is 6.91. The first-order valence-electron chi connectivity index (χ1n) is 6.22. The molecule has 0 spiro atoms. The molecule has 0 aliphatic carbocycles. The number of hydrogen-bond donors (Lipinski definition) is 2. The van der Waals surface area contributed by atoms with Crippen LogP contribution in [0.4, 0.5) is 5.69 Å². The molecule has 1 atom stereocenters. The first-order valence-corrected chi connectivity index (χ1v) is 8.13. The van der Waals surface area contributed by atoms with E-state index in [4.69, 9.17) is 23.2 Å². The van der Waals surface area contributed by atoms with E-state index < -0.39 is 0 Å². The van der Waals surface area contributed by atoms with Crippen molar-refractivity contribution < 1.29 is 4.79 Å². The smallest absolute Gasteiger partial charge is 0.238 e. The largest absolute Gasteiger partial charge is 0.322 e. The SMILES string of the molecule is O=C(CNC1CCCSC1)Nc1c(Cl)cccc1Cl. The molecule has 2 rings (SSSR count). The summed E-state index contributed by atoms with van der Waals surface area (Å²) in [6.07, 6.45) is 2.34. The third-order valence-electron chi connectivity index (χ3n) is 2.94. The Morgan fingerprint density at radius 2 is 2.11 bits per heavy atom. The zero-order valence-electron chi connectivity index (χ0n) is 10.4. The molecule has 1 amide bonds. The zero-order valence-corrected chi connectivity index (χ0v) is 12.7. The van der Waals surface area contributed by atoms with E-state index in [0.717, 1.165) is 12.2 Å². The third-order valence-corrected chi connectivity index (χ3v) is 4.78. The van der Waals surface area contributed by atoms with Gasteiger partial charge in [0.05, 0.1) is 22.3 Å². The fourth-order valence-electron chi connectivity index (χ4n) is 1.94. The van der Waals surface area contributed by atoms with Gasteiger partial charge in [0, 0.05) is 11.8 Å². The maximum absolute atomic E-state index is 11.9. The minimum Gasteiger partial charge on any atom is -0.322 e. The van der Waals surface area contributed by atoms with Crippen molar-refractivity contribution in [2.24, 2.45) is 0 Å². The number of rotatable bonds is 4.